The third-order valence-corrected chi connectivity index (χ3v) is 5.09. The number of anilines is 2. The first-order valence-electron chi connectivity index (χ1n) is 8.54. The van der Waals surface area contributed by atoms with Crippen molar-refractivity contribution >= 4 is 27.4 Å². The lowest BCUT2D eigenvalue weighted by atomic mass is 10.1. The lowest BCUT2D eigenvalue weighted by molar-refractivity contribution is 0.207. The minimum Gasteiger partial charge on any atom is -0.317 e. The number of hydrogen-bond acceptors (Lipinski definition) is 3. The van der Waals surface area contributed by atoms with Crippen molar-refractivity contribution in [3.8, 4) is 0 Å². The molecule has 0 aliphatic carbocycles. The summed E-state index contributed by atoms with van der Waals surface area (Å²) in [5.41, 5.74) is 3.02. The summed E-state index contributed by atoms with van der Waals surface area (Å²) in [7, 11) is -3.37. The number of hydrogen-bond donors (Lipinski definition) is 2. The van der Waals surface area contributed by atoms with Gasteiger partial charge < -0.3 is 10.2 Å². The number of sulfonamides is 1. The summed E-state index contributed by atoms with van der Waals surface area (Å²) in [6.45, 7) is 2.57. The fraction of sp³-hybridized carbons (Fsp3) is 0.316. The second-order valence-corrected chi connectivity index (χ2v) is 8.34. The van der Waals surface area contributed by atoms with Gasteiger partial charge in [0.15, 0.2) is 0 Å². The number of aryl methyl sites for hydroxylation is 1. The van der Waals surface area contributed by atoms with Gasteiger partial charge in [0.1, 0.15) is 0 Å². The van der Waals surface area contributed by atoms with E-state index >= 15 is 0 Å². The molecule has 6 nitrogen and oxygen atoms in total. The summed E-state index contributed by atoms with van der Waals surface area (Å²) < 4.78 is 25.3. The molecule has 0 bridgehead atoms. The molecule has 1 heterocycles. The minimum atomic E-state index is -3.37. The van der Waals surface area contributed by atoms with Crippen LogP contribution in [-0.2, 0) is 10.0 Å². The van der Waals surface area contributed by atoms with Gasteiger partial charge in [0.25, 0.3) is 0 Å². The van der Waals surface area contributed by atoms with E-state index in [-0.39, 0.29) is 12.1 Å². The number of likely N-dealkylation sites (tertiary alicyclic amines) is 1. The van der Waals surface area contributed by atoms with Crippen LogP contribution in [0.3, 0.4) is 0 Å². The number of nitrogens with one attached hydrogen (secondary N) is 2. The third kappa shape index (κ3) is 4.35. The van der Waals surface area contributed by atoms with E-state index in [1.165, 1.54) is 0 Å². The Balaban J connectivity index is 1.78. The van der Waals surface area contributed by atoms with Gasteiger partial charge in [0.05, 0.1) is 18.0 Å². The molecule has 2 N–H and O–H groups in total. The van der Waals surface area contributed by atoms with Gasteiger partial charge in [-0.2, -0.15) is 0 Å². The van der Waals surface area contributed by atoms with Crippen LogP contribution in [0.5, 0.6) is 0 Å². The van der Waals surface area contributed by atoms with Crippen LogP contribution >= 0.6 is 0 Å². The number of carbonyl (C=O) groups excluding carboxylic acids is 1. The third-order valence-electron chi connectivity index (χ3n) is 4.48. The van der Waals surface area contributed by atoms with Crippen LogP contribution in [0.15, 0.2) is 48.5 Å². The Morgan fingerprint density at radius 1 is 1.15 bits per heavy atom. The van der Waals surface area contributed by atoms with E-state index in [0.29, 0.717) is 17.9 Å². The molecule has 138 valence electrons. The van der Waals surface area contributed by atoms with Crippen LogP contribution in [0.1, 0.15) is 30.0 Å². The van der Waals surface area contributed by atoms with E-state index in [1.54, 1.807) is 18.2 Å². The standard InChI is InChI=1S/C19H23N3O3S/c1-14-10-11-16(21-26(2,24)25)13-17(14)20-19(23)22-12-6-9-18(22)15-7-4-3-5-8-15/h3-5,7-8,10-11,13,18,21H,6,9,12H2,1-2H3,(H,20,23)/t18-/m0/s1. The highest BCUT2D eigenvalue weighted by Crippen LogP contribution is 2.32. The van der Waals surface area contributed by atoms with E-state index in [1.807, 2.05) is 42.2 Å². The van der Waals surface area contributed by atoms with Gasteiger partial charge >= 0.3 is 6.03 Å². The van der Waals surface area contributed by atoms with Crippen molar-refractivity contribution < 1.29 is 13.2 Å². The number of benzene rings is 2. The van der Waals surface area contributed by atoms with Crippen molar-refractivity contribution in [3.05, 3.63) is 59.7 Å². The van der Waals surface area contributed by atoms with Gasteiger partial charge in [0, 0.05) is 12.2 Å². The summed E-state index contributed by atoms with van der Waals surface area (Å²) in [6, 6.07) is 15.0. The SMILES string of the molecule is Cc1ccc(NS(C)(=O)=O)cc1NC(=O)N1CCC[C@H]1c1ccccc1. The van der Waals surface area contributed by atoms with E-state index in [9.17, 15) is 13.2 Å². The van der Waals surface area contributed by atoms with Gasteiger partial charge in [-0.15, -0.1) is 0 Å². The van der Waals surface area contributed by atoms with Crippen LogP contribution in [0.2, 0.25) is 0 Å². The summed E-state index contributed by atoms with van der Waals surface area (Å²) in [6.07, 6.45) is 2.99. The summed E-state index contributed by atoms with van der Waals surface area (Å²) in [5.74, 6) is 0. The first kappa shape index (κ1) is 18.3. The van der Waals surface area contributed by atoms with Crippen LogP contribution < -0.4 is 10.0 Å². The zero-order valence-corrected chi connectivity index (χ0v) is 15.7. The molecule has 0 radical (unpaired) electrons. The Hall–Kier alpha value is -2.54. The molecule has 26 heavy (non-hydrogen) atoms. The van der Waals surface area contributed by atoms with Crippen LogP contribution in [0.25, 0.3) is 0 Å². The average Bonchev–Trinajstić information content (AvgIpc) is 3.07. The topological polar surface area (TPSA) is 78.5 Å². The Morgan fingerprint density at radius 3 is 2.58 bits per heavy atom. The highest BCUT2D eigenvalue weighted by molar-refractivity contribution is 7.92. The maximum atomic E-state index is 12.8. The number of urea groups is 1. The molecule has 2 aromatic rings. The molecule has 0 unspecified atom stereocenters. The average molecular weight is 373 g/mol. The lowest BCUT2D eigenvalue weighted by Crippen LogP contribution is -2.34. The maximum absolute atomic E-state index is 12.8. The van der Waals surface area contributed by atoms with E-state index in [0.717, 1.165) is 30.2 Å². The van der Waals surface area contributed by atoms with Crippen LogP contribution in [0, 0.1) is 6.92 Å². The summed E-state index contributed by atoms with van der Waals surface area (Å²) in [5, 5.41) is 2.93. The molecule has 0 saturated carbocycles. The highest BCUT2D eigenvalue weighted by Gasteiger charge is 2.30. The smallest absolute Gasteiger partial charge is 0.317 e. The predicted octanol–water partition coefficient (Wildman–Crippen LogP) is 3.74. The molecule has 2 aromatic carbocycles. The molecule has 0 spiro atoms. The van der Waals surface area contributed by atoms with Crippen LogP contribution in [0.4, 0.5) is 16.2 Å². The molecule has 2 amide bonds. The fourth-order valence-electron chi connectivity index (χ4n) is 3.25. The zero-order valence-electron chi connectivity index (χ0n) is 14.9. The van der Waals surface area contributed by atoms with Gasteiger partial charge in [-0.1, -0.05) is 36.4 Å². The number of nitrogens with zero attached hydrogens (tertiary/aromatic N) is 1. The second-order valence-electron chi connectivity index (χ2n) is 6.60. The molecule has 1 atom stereocenters. The Kier molecular flexibility index (Phi) is 5.18. The van der Waals surface area contributed by atoms with Crippen molar-refractivity contribution in [2.24, 2.45) is 0 Å². The normalized spacial score (nSPS) is 17.2. The van der Waals surface area contributed by atoms with E-state index < -0.39 is 10.0 Å². The predicted molar refractivity (Wildman–Crippen MR) is 104 cm³/mol. The zero-order chi connectivity index (χ0) is 18.7. The molecular weight excluding hydrogens is 350 g/mol. The monoisotopic (exact) mass is 373 g/mol. The Labute approximate surface area is 154 Å². The van der Waals surface area contributed by atoms with Crippen LogP contribution in [-0.4, -0.2) is 32.1 Å². The maximum Gasteiger partial charge on any atom is 0.322 e. The molecule has 7 heteroatoms. The van der Waals surface area contributed by atoms with Gasteiger partial charge in [0.2, 0.25) is 10.0 Å². The Bertz CT molecular complexity index is 898. The van der Waals surface area contributed by atoms with Crippen molar-refractivity contribution in [1.82, 2.24) is 4.90 Å². The van der Waals surface area contributed by atoms with Crippen molar-refractivity contribution in [2.75, 3.05) is 22.8 Å². The molecule has 1 aliphatic heterocycles. The first-order chi connectivity index (χ1) is 12.3. The molecule has 1 saturated heterocycles. The summed E-state index contributed by atoms with van der Waals surface area (Å²) >= 11 is 0. The Morgan fingerprint density at radius 2 is 1.88 bits per heavy atom. The second kappa shape index (κ2) is 7.37. The van der Waals surface area contributed by atoms with Crippen molar-refractivity contribution in [3.63, 3.8) is 0 Å². The van der Waals surface area contributed by atoms with E-state index in [4.69, 9.17) is 0 Å². The van der Waals surface area contributed by atoms with E-state index in [2.05, 4.69) is 10.0 Å². The van der Waals surface area contributed by atoms with Crippen molar-refractivity contribution in [1.29, 1.82) is 0 Å². The number of rotatable bonds is 4. The molecular formula is C19H23N3O3S. The van der Waals surface area contributed by atoms with Crippen molar-refractivity contribution in [2.45, 2.75) is 25.8 Å². The lowest BCUT2D eigenvalue weighted by Gasteiger charge is -2.26. The highest BCUT2D eigenvalue weighted by atomic mass is 32.2. The molecule has 3 rings (SSSR count). The number of carbonyl (C=O) groups is 1. The quantitative estimate of drug-likeness (QED) is 0.857. The van der Waals surface area contributed by atoms with Gasteiger partial charge in [-0.25, -0.2) is 13.2 Å². The molecule has 1 aliphatic rings. The first-order valence-corrected chi connectivity index (χ1v) is 10.4. The summed E-state index contributed by atoms with van der Waals surface area (Å²) in [4.78, 5) is 14.7. The largest absolute Gasteiger partial charge is 0.322 e. The fourth-order valence-corrected chi connectivity index (χ4v) is 3.81. The van der Waals surface area contributed by atoms with Gasteiger partial charge in [-0.3, -0.25) is 4.72 Å². The number of amides is 2. The molecule has 0 aromatic heterocycles. The van der Waals surface area contributed by atoms with Gasteiger partial charge in [-0.05, 0) is 43.0 Å². The minimum absolute atomic E-state index is 0.0637. The molecule has 1 fully saturated rings.